The number of aromatic nitrogens is 3. The summed E-state index contributed by atoms with van der Waals surface area (Å²) in [5.41, 5.74) is 13.7. The Labute approximate surface area is 145 Å². The number of ether oxygens (including phenoxy) is 1. The Kier molecular flexibility index (Phi) is 3.61. The number of hydrogen-bond donors (Lipinski definition) is 2. The number of nitrogens with two attached hydrogens (primary N) is 2. The van der Waals surface area contributed by atoms with Crippen LogP contribution in [0.1, 0.15) is 25.6 Å². The maximum Gasteiger partial charge on any atom is 0.225 e. The molecular formula is C18H21N5O2. The minimum Gasteiger partial charge on any atom is -0.382 e. The average molecular weight is 339 g/mol. The van der Waals surface area contributed by atoms with Gasteiger partial charge in [-0.15, -0.1) is 0 Å². The van der Waals surface area contributed by atoms with Gasteiger partial charge in [-0.3, -0.25) is 4.79 Å². The Balaban J connectivity index is 1.97. The SMILES string of the molecule is CCOCc1nc2c(N)nc3ccccc3c2n1CC1(C(N)=O)CC1. The van der Waals surface area contributed by atoms with Gasteiger partial charge in [0.2, 0.25) is 5.91 Å². The first-order chi connectivity index (χ1) is 12.1. The van der Waals surface area contributed by atoms with E-state index in [9.17, 15) is 4.79 Å². The number of carbonyl (C=O) groups is 1. The summed E-state index contributed by atoms with van der Waals surface area (Å²) in [7, 11) is 0. The van der Waals surface area contributed by atoms with Crippen molar-refractivity contribution in [1.29, 1.82) is 0 Å². The molecule has 0 radical (unpaired) electrons. The van der Waals surface area contributed by atoms with Crippen LogP contribution >= 0.6 is 0 Å². The van der Waals surface area contributed by atoms with Crippen LogP contribution in [-0.4, -0.2) is 27.0 Å². The summed E-state index contributed by atoms with van der Waals surface area (Å²) < 4.78 is 7.62. The third-order valence-electron chi connectivity index (χ3n) is 4.96. The van der Waals surface area contributed by atoms with Gasteiger partial charge in [0.1, 0.15) is 17.9 Å². The molecule has 3 aromatic rings. The molecule has 1 aromatic carbocycles. The lowest BCUT2D eigenvalue weighted by Crippen LogP contribution is -2.29. The lowest BCUT2D eigenvalue weighted by Gasteiger charge is -2.16. The number of nitrogen functional groups attached to an aromatic ring is 1. The number of hydrogen-bond acceptors (Lipinski definition) is 5. The Morgan fingerprint density at radius 1 is 1.32 bits per heavy atom. The molecule has 130 valence electrons. The van der Waals surface area contributed by atoms with Crippen LogP contribution in [0.3, 0.4) is 0 Å². The van der Waals surface area contributed by atoms with Crippen molar-refractivity contribution in [2.24, 2.45) is 11.1 Å². The minimum atomic E-state index is -0.492. The number of imidazole rings is 1. The fraction of sp³-hybridized carbons (Fsp3) is 0.389. The molecule has 7 heteroatoms. The number of amides is 1. The third-order valence-corrected chi connectivity index (χ3v) is 4.96. The number of pyridine rings is 1. The molecule has 7 nitrogen and oxygen atoms in total. The predicted octanol–water partition coefficient (Wildman–Crippen LogP) is 1.97. The van der Waals surface area contributed by atoms with Gasteiger partial charge in [-0.2, -0.15) is 0 Å². The summed E-state index contributed by atoms with van der Waals surface area (Å²) >= 11 is 0. The maximum absolute atomic E-state index is 11.9. The van der Waals surface area contributed by atoms with Crippen molar-refractivity contribution in [2.45, 2.75) is 32.9 Å². The van der Waals surface area contributed by atoms with Crippen molar-refractivity contribution in [2.75, 3.05) is 12.3 Å². The highest BCUT2D eigenvalue weighted by molar-refractivity contribution is 6.06. The van der Waals surface area contributed by atoms with Crippen LogP contribution in [0.25, 0.3) is 21.9 Å². The summed E-state index contributed by atoms with van der Waals surface area (Å²) in [6.45, 7) is 3.37. The van der Waals surface area contributed by atoms with E-state index in [2.05, 4.69) is 9.97 Å². The van der Waals surface area contributed by atoms with Crippen LogP contribution in [-0.2, 0) is 22.7 Å². The molecule has 4 N–H and O–H groups in total. The Morgan fingerprint density at radius 3 is 2.76 bits per heavy atom. The van der Waals surface area contributed by atoms with Gasteiger partial charge in [0, 0.05) is 18.5 Å². The van der Waals surface area contributed by atoms with Crippen molar-refractivity contribution in [3.63, 3.8) is 0 Å². The highest BCUT2D eigenvalue weighted by Crippen LogP contribution is 2.48. The number of nitrogens with zero attached hydrogens (tertiary/aromatic N) is 3. The first-order valence-corrected chi connectivity index (χ1v) is 8.47. The summed E-state index contributed by atoms with van der Waals surface area (Å²) in [5.74, 6) is 0.867. The number of benzene rings is 1. The largest absolute Gasteiger partial charge is 0.382 e. The van der Waals surface area contributed by atoms with Crippen LogP contribution in [0.5, 0.6) is 0 Å². The number of carbonyl (C=O) groups excluding carboxylic acids is 1. The van der Waals surface area contributed by atoms with Gasteiger partial charge in [-0.25, -0.2) is 9.97 Å². The molecule has 1 aliphatic carbocycles. The van der Waals surface area contributed by atoms with Gasteiger partial charge < -0.3 is 20.8 Å². The Bertz CT molecular complexity index is 974. The number of rotatable bonds is 6. The standard InChI is InChI=1S/C18H21N5O2/c1-2-25-9-13-22-14-15(23(13)10-18(7-8-18)17(20)24)11-5-3-4-6-12(11)21-16(14)19/h3-6H,2,7-10H2,1H3,(H2,19,21)(H2,20,24). The van der Waals surface area contributed by atoms with Crippen LogP contribution in [0.4, 0.5) is 5.82 Å². The van der Waals surface area contributed by atoms with Crippen molar-refractivity contribution < 1.29 is 9.53 Å². The van der Waals surface area contributed by atoms with E-state index in [0.717, 1.165) is 35.1 Å². The first kappa shape index (κ1) is 15.8. The molecule has 2 heterocycles. The van der Waals surface area contributed by atoms with E-state index in [1.54, 1.807) is 0 Å². The van der Waals surface area contributed by atoms with Gasteiger partial charge in [-0.1, -0.05) is 18.2 Å². The van der Waals surface area contributed by atoms with Gasteiger partial charge in [-0.05, 0) is 25.8 Å². The summed E-state index contributed by atoms with van der Waals surface area (Å²) in [4.78, 5) is 21.0. The number of primary amides is 1. The van der Waals surface area contributed by atoms with Crippen LogP contribution in [0, 0.1) is 5.41 Å². The fourth-order valence-corrected chi connectivity index (χ4v) is 3.31. The number of anilines is 1. The monoisotopic (exact) mass is 339 g/mol. The van der Waals surface area contributed by atoms with Crippen LogP contribution in [0.2, 0.25) is 0 Å². The Hall–Kier alpha value is -2.67. The first-order valence-electron chi connectivity index (χ1n) is 8.47. The highest BCUT2D eigenvalue weighted by Gasteiger charge is 2.49. The molecule has 1 amide bonds. The molecule has 0 bridgehead atoms. The molecule has 1 aliphatic rings. The third kappa shape index (κ3) is 2.51. The molecule has 25 heavy (non-hydrogen) atoms. The smallest absolute Gasteiger partial charge is 0.225 e. The zero-order valence-electron chi connectivity index (χ0n) is 14.2. The van der Waals surface area contributed by atoms with Crippen molar-refractivity contribution in [3.8, 4) is 0 Å². The molecule has 1 fully saturated rings. The average Bonchev–Trinajstić information content (AvgIpc) is 3.30. The van der Waals surface area contributed by atoms with Gasteiger partial charge in [0.05, 0.1) is 16.4 Å². The second kappa shape index (κ2) is 5.70. The topological polar surface area (TPSA) is 109 Å². The second-order valence-corrected chi connectivity index (χ2v) is 6.61. The molecule has 0 aliphatic heterocycles. The van der Waals surface area contributed by atoms with E-state index in [1.807, 2.05) is 35.8 Å². The highest BCUT2D eigenvalue weighted by atomic mass is 16.5. The normalized spacial score (nSPS) is 15.7. The van der Waals surface area contributed by atoms with Crippen molar-refractivity contribution in [1.82, 2.24) is 14.5 Å². The number of fused-ring (bicyclic) bond motifs is 3. The quantitative estimate of drug-likeness (QED) is 0.713. The van der Waals surface area contributed by atoms with Crippen molar-refractivity contribution >= 4 is 33.7 Å². The molecule has 4 rings (SSSR count). The zero-order valence-corrected chi connectivity index (χ0v) is 14.2. The lowest BCUT2D eigenvalue weighted by molar-refractivity contribution is -0.123. The molecule has 0 unspecified atom stereocenters. The molecule has 0 saturated heterocycles. The lowest BCUT2D eigenvalue weighted by atomic mass is 10.1. The van der Waals surface area contributed by atoms with Gasteiger partial charge in [0.25, 0.3) is 0 Å². The van der Waals surface area contributed by atoms with E-state index in [1.165, 1.54) is 0 Å². The Morgan fingerprint density at radius 2 is 2.08 bits per heavy atom. The minimum absolute atomic E-state index is 0.261. The van der Waals surface area contributed by atoms with Crippen LogP contribution in [0.15, 0.2) is 24.3 Å². The summed E-state index contributed by atoms with van der Waals surface area (Å²) in [6, 6.07) is 7.80. The van der Waals surface area contributed by atoms with E-state index in [4.69, 9.17) is 16.2 Å². The van der Waals surface area contributed by atoms with E-state index >= 15 is 0 Å². The van der Waals surface area contributed by atoms with Gasteiger partial charge in [0.15, 0.2) is 5.82 Å². The molecule has 1 saturated carbocycles. The van der Waals surface area contributed by atoms with E-state index in [-0.39, 0.29) is 5.91 Å². The molecule has 2 aromatic heterocycles. The van der Waals surface area contributed by atoms with E-state index in [0.29, 0.717) is 31.1 Å². The zero-order chi connectivity index (χ0) is 17.6. The van der Waals surface area contributed by atoms with Crippen LogP contribution < -0.4 is 11.5 Å². The van der Waals surface area contributed by atoms with Gasteiger partial charge >= 0.3 is 0 Å². The predicted molar refractivity (Wildman–Crippen MR) is 95.6 cm³/mol. The molecular weight excluding hydrogens is 318 g/mol. The number of para-hydroxylation sites is 1. The van der Waals surface area contributed by atoms with Crippen molar-refractivity contribution in [3.05, 3.63) is 30.1 Å². The van der Waals surface area contributed by atoms with E-state index < -0.39 is 5.41 Å². The second-order valence-electron chi connectivity index (χ2n) is 6.61. The fourth-order valence-electron chi connectivity index (χ4n) is 3.31. The molecule has 0 spiro atoms. The molecule has 0 atom stereocenters. The summed E-state index contributed by atoms with van der Waals surface area (Å²) in [5, 5.41) is 0.960. The maximum atomic E-state index is 11.9. The summed E-state index contributed by atoms with van der Waals surface area (Å²) in [6.07, 6.45) is 1.60.